The number of nitrogens with zero attached hydrogens (tertiary/aromatic N) is 1. The highest BCUT2D eigenvalue weighted by Gasteiger charge is 2.26. The van der Waals surface area contributed by atoms with Crippen LogP contribution in [0.5, 0.6) is 0 Å². The summed E-state index contributed by atoms with van der Waals surface area (Å²) in [5.74, 6) is 0.543. The molecule has 0 spiro atoms. The molecule has 1 aromatic carbocycles. The Labute approximate surface area is 138 Å². The molecule has 1 heterocycles. The highest BCUT2D eigenvalue weighted by molar-refractivity contribution is 5.81. The van der Waals surface area contributed by atoms with E-state index in [1.54, 1.807) is 0 Å². The predicted octanol–water partition coefficient (Wildman–Crippen LogP) is 2.10. The number of benzene rings is 1. The van der Waals surface area contributed by atoms with E-state index >= 15 is 0 Å². The van der Waals surface area contributed by atoms with Crippen molar-refractivity contribution in [3.63, 3.8) is 0 Å². The van der Waals surface area contributed by atoms with Crippen LogP contribution in [-0.4, -0.2) is 41.1 Å². The molecule has 0 radical (unpaired) electrons. The minimum Gasteiger partial charge on any atom is -0.393 e. The van der Waals surface area contributed by atoms with Crippen molar-refractivity contribution in [2.24, 2.45) is 5.92 Å². The number of aliphatic hydroxyl groups is 1. The summed E-state index contributed by atoms with van der Waals surface area (Å²) in [5.41, 5.74) is 2.75. The molecule has 3 atom stereocenters. The Morgan fingerprint density at radius 1 is 1.35 bits per heavy atom. The van der Waals surface area contributed by atoms with E-state index in [1.807, 2.05) is 6.92 Å². The normalized spacial score (nSPS) is 26.3. The average Bonchev–Trinajstić information content (AvgIpc) is 2.58. The van der Waals surface area contributed by atoms with Gasteiger partial charge in [0.25, 0.3) is 0 Å². The van der Waals surface area contributed by atoms with Gasteiger partial charge in [0.2, 0.25) is 5.91 Å². The van der Waals surface area contributed by atoms with Gasteiger partial charge in [0.15, 0.2) is 0 Å². The largest absolute Gasteiger partial charge is 0.393 e. The number of amides is 1. The van der Waals surface area contributed by atoms with Crippen LogP contribution in [0.3, 0.4) is 0 Å². The Hall–Kier alpha value is -1.39. The van der Waals surface area contributed by atoms with Gasteiger partial charge in [-0.1, -0.05) is 30.7 Å². The zero-order valence-electron chi connectivity index (χ0n) is 14.0. The molecule has 2 aliphatic rings. The highest BCUT2D eigenvalue weighted by Crippen LogP contribution is 2.24. The van der Waals surface area contributed by atoms with Crippen molar-refractivity contribution in [1.82, 2.24) is 10.2 Å². The third-order valence-electron chi connectivity index (χ3n) is 5.41. The third-order valence-corrected chi connectivity index (χ3v) is 5.41. The van der Waals surface area contributed by atoms with Crippen molar-refractivity contribution in [2.75, 3.05) is 13.1 Å². The Bertz CT molecular complexity index is 546. The molecule has 1 saturated carbocycles. The predicted molar refractivity (Wildman–Crippen MR) is 91.0 cm³/mol. The molecule has 3 unspecified atom stereocenters. The fourth-order valence-corrected chi connectivity index (χ4v) is 3.85. The van der Waals surface area contributed by atoms with E-state index in [-0.39, 0.29) is 18.1 Å². The van der Waals surface area contributed by atoms with E-state index in [1.165, 1.54) is 11.1 Å². The Kier molecular flexibility index (Phi) is 5.34. The molecule has 0 aromatic heterocycles. The molecule has 1 aliphatic carbocycles. The summed E-state index contributed by atoms with van der Waals surface area (Å²) in [7, 11) is 0. The molecule has 1 aliphatic heterocycles. The summed E-state index contributed by atoms with van der Waals surface area (Å²) >= 11 is 0. The molecule has 3 rings (SSSR count). The molecular weight excluding hydrogens is 288 g/mol. The second-order valence-electron chi connectivity index (χ2n) is 7.10. The smallest absolute Gasteiger partial charge is 0.237 e. The SMILES string of the molecule is CC(C(=O)NCC1CCCC(O)C1)N1CCc2ccccc2C1. The lowest BCUT2D eigenvalue weighted by Gasteiger charge is -2.33. The lowest BCUT2D eigenvalue weighted by molar-refractivity contribution is -0.126. The molecule has 0 saturated heterocycles. The molecule has 1 amide bonds. The second kappa shape index (κ2) is 7.45. The maximum absolute atomic E-state index is 12.5. The van der Waals surface area contributed by atoms with Crippen LogP contribution in [0.1, 0.15) is 43.7 Å². The van der Waals surface area contributed by atoms with Crippen LogP contribution in [-0.2, 0) is 17.8 Å². The summed E-state index contributed by atoms with van der Waals surface area (Å²) < 4.78 is 0. The van der Waals surface area contributed by atoms with Crippen LogP contribution in [0.2, 0.25) is 0 Å². The summed E-state index contributed by atoms with van der Waals surface area (Å²) in [4.78, 5) is 14.7. The quantitative estimate of drug-likeness (QED) is 0.894. The van der Waals surface area contributed by atoms with Crippen LogP contribution >= 0.6 is 0 Å². The lowest BCUT2D eigenvalue weighted by atomic mass is 9.87. The summed E-state index contributed by atoms with van der Waals surface area (Å²) in [6.07, 6.45) is 4.76. The van der Waals surface area contributed by atoms with E-state index in [9.17, 15) is 9.90 Å². The van der Waals surface area contributed by atoms with E-state index in [0.717, 1.165) is 45.2 Å². The minimum atomic E-state index is -0.179. The first-order valence-corrected chi connectivity index (χ1v) is 8.90. The molecule has 0 bridgehead atoms. The van der Waals surface area contributed by atoms with Gasteiger partial charge in [0.1, 0.15) is 0 Å². The molecule has 4 heteroatoms. The van der Waals surface area contributed by atoms with Crippen LogP contribution in [0.4, 0.5) is 0 Å². The van der Waals surface area contributed by atoms with E-state index in [4.69, 9.17) is 0 Å². The highest BCUT2D eigenvalue weighted by atomic mass is 16.3. The van der Waals surface area contributed by atoms with Gasteiger partial charge in [0.05, 0.1) is 12.1 Å². The Balaban J connectivity index is 1.50. The van der Waals surface area contributed by atoms with Crippen molar-refractivity contribution in [3.8, 4) is 0 Å². The Morgan fingerprint density at radius 2 is 2.13 bits per heavy atom. The van der Waals surface area contributed by atoms with E-state index in [0.29, 0.717) is 12.5 Å². The number of rotatable bonds is 4. The number of carbonyl (C=O) groups excluding carboxylic acids is 1. The third kappa shape index (κ3) is 4.12. The standard InChI is InChI=1S/C19H28N2O2/c1-14(19(23)20-12-15-5-4-8-18(22)11-15)21-10-9-16-6-2-3-7-17(16)13-21/h2-3,6-7,14-15,18,22H,4-5,8-13H2,1H3,(H,20,23). The zero-order chi connectivity index (χ0) is 16.2. The zero-order valence-corrected chi connectivity index (χ0v) is 14.0. The first kappa shape index (κ1) is 16.5. The van der Waals surface area contributed by atoms with Crippen LogP contribution in [0, 0.1) is 5.92 Å². The van der Waals surface area contributed by atoms with Crippen molar-refractivity contribution in [3.05, 3.63) is 35.4 Å². The van der Waals surface area contributed by atoms with Gasteiger partial charge in [-0.25, -0.2) is 0 Å². The minimum absolute atomic E-state index is 0.100. The van der Waals surface area contributed by atoms with Crippen molar-refractivity contribution in [1.29, 1.82) is 0 Å². The number of aliphatic hydroxyl groups excluding tert-OH is 1. The first-order chi connectivity index (χ1) is 11.1. The lowest BCUT2D eigenvalue weighted by Crippen LogP contribution is -2.48. The summed E-state index contributed by atoms with van der Waals surface area (Å²) in [5, 5.41) is 12.8. The Morgan fingerprint density at radius 3 is 2.91 bits per heavy atom. The molecular formula is C19H28N2O2. The number of fused-ring (bicyclic) bond motifs is 1. The van der Waals surface area contributed by atoms with Crippen molar-refractivity contribution < 1.29 is 9.90 Å². The number of hydrogen-bond acceptors (Lipinski definition) is 3. The topological polar surface area (TPSA) is 52.6 Å². The van der Waals surface area contributed by atoms with Crippen LogP contribution in [0.15, 0.2) is 24.3 Å². The number of nitrogens with one attached hydrogen (secondary N) is 1. The van der Waals surface area contributed by atoms with E-state index < -0.39 is 0 Å². The molecule has 1 fully saturated rings. The molecule has 2 N–H and O–H groups in total. The van der Waals surface area contributed by atoms with Crippen LogP contribution < -0.4 is 5.32 Å². The maximum atomic E-state index is 12.5. The van der Waals surface area contributed by atoms with Crippen LogP contribution in [0.25, 0.3) is 0 Å². The second-order valence-corrected chi connectivity index (χ2v) is 7.10. The molecule has 23 heavy (non-hydrogen) atoms. The number of hydrogen-bond donors (Lipinski definition) is 2. The summed E-state index contributed by atoms with van der Waals surface area (Å²) in [6, 6.07) is 8.41. The maximum Gasteiger partial charge on any atom is 0.237 e. The fourth-order valence-electron chi connectivity index (χ4n) is 3.85. The van der Waals surface area contributed by atoms with E-state index in [2.05, 4.69) is 34.5 Å². The molecule has 126 valence electrons. The monoisotopic (exact) mass is 316 g/mol. The van der Waals surface area contributed by atoms with Crippen molar-refractivity contribution >= 4 is 5.91 Å². The average molecular weight is 316 g/mol. The molecule has 4 nitrogen and oxygen atoms in total. The molecule has 1 aromatic rings. The van der Waals surface area contributed by atoms with Gasteiger partial charge < -0.3 is 10.4 Å². The van der Waals surface area contributed by atoms with Gasteiger partial charge in [-0.05, 0) is 49.7 Å². The van der Waals surface area contributed by atoms with Gasteiger partial charge >= 0.3 is 0 Å². The summed E-state index contributed by atoms with van der Waals surface area (Å²) in [6.45, 7) is 4.49. The fraction of sp³-hybridized carbons (Fsp3) is 0.632. The van der Waals surface area contributed by atoms with Crippen molar-refractivity contribution in [2.45, 2.75) is 57.7 Å². The van der Waals surface area contributed by atoms with Gasteiger partial charge in [-0.15, -0.1) is 0 Å². The number of carbonyl (C=O) groups is 1. The van der Waals surface area contributed by atoms with Gasteiger partial charge in [-0.3, -0.25) is 9.69 Å². The van der Waals surface area contributed by atoms with Gasteiger partial charge in [0, 0.05) is 19.6 Å². The first-order valence-electron chi connectivity index (χ1n) is 8.90. The van der Waals surface area contributed by atoms with Gasteiger partial charge in [-0.2, -0.15) is 0 Å².